The van der Waals surface area contributed by atoms with Crippen molar-refractivity contribution in [1.82, 2.24) is 20.2 Å². The fourth-order valence-electron chi connectivity index (χ4n) is 1.90. The van der Waals surface area contributed by atoms with Gasteiger partial charge in [-0.2, -0.15) is 4.80 Å². The summed E-state index contributed by atoms with van der Waals surface area (Å²) in [6.45, 7) is 3.20. The van der Waals surface area contributed by atoms with Crippen LogP contribution in [0.4, 0.5) is 0 Å². The molecule has 0 aliphatic carbocycles. The highest BCUT2D eigenvalue weighted by Crippen LogP contribution is 2.20. The molecule has 1 aromatic heterocycles. The highest BCUT2D eigenvalue weighted by molar-refractivity contribution is 5.37. The molecule has 0 aliphatic rings. The molecule has 2 N–H and O–H groups in total. The maximum atomic E-state index is 5.47. The predicted molar refractivity (Wildman–Crippen MR) is 72.0 cm³/mol. The van der Waals surface area contributed by atoms with Gasteiger partial charge in [-0.25, -0.2) is 0 Å². The molecule has 2 aromatic rings. The molecule has 19 heavy (non-hydrogen) atoms. The van der Waals surface area contributed by atoms with Crippen molar-refractivity contribution < 1.29 is 4.74 Å². The Morgan fingerprint density at radius 2 is 2.21 bits per heavy atom. The van der Waals surface area contributed by atoms with E-state index in [1.807, 2.05) is 6.07 Å². The van der Waals surface area contributed by atoms with E-state index in [2.05, 4.69) is 34.5 Å². The zero-order chi connectivity index (χ0) is 13.7. The molecule has 102 valence electrons. The van der Waals surface area contributed by atoms with Crippen LogP contribution < -0.4 is 10.5 Å². The summed E-state index contributed by atoms with van der Waals surface area (Å²) in [7, 11) is 1.67. The first-order valence-electron chi connectivity index (χ1n) is 6.39. The van der Waals surface area contributed by atoms with Crippen molar-refractivity contribution in [3.05, 3.63) is 35.2 Å². The van der Waals surface area contributed by atoms with E-state index in [0.717, 1.165) is 17.7 Å². The molecule has 0 amide bonds. The normalized spacial score (nSPS) is 10.7. The average Bonchev–Trinajstić information content (AvgIpc) is 2.86. The third-order valence-electron chi connectivity index (χ3n) is 2.93. The lowest BCUT2D eigenvalue weighted by Crippen LogP contribution is -2.07. The Bertz CT molecular complexity index is 538. The minimum atomic E-state index is 0.528. The second-order valence-corrected chi connectivity index (χ2v) is 4.27. The Morgan fingerprint density at radius 3 is 2.89 bits per heavy atom. The summed E-state index contributed by atoms with van der Waals surface area (Å²) >= 11 is 0. The van der Waals surface area contributed by atoms with Crippen LogP contribution in [-0.2, 0) is 19.4 Å². The highest BCUT2D eigenvalue weighted by atomic mass is 16.5. The second kappa shape index (κ2) is 6.29. The van der Waals surface area contributed by atoms with E-state index in [1.54, 1.807) is 11.9 Å². The summed E-state index contributed by atoms with van der Waals surface area (Å²) in [5, 5.41) is 12.3. The Kier molecular flexibility index (Phi) is 4.46. The quantitative estimate of drug-likeness (QED) is 0.831. The number of ether oxygens (including phenoxy) is 1. The molecule has 6 heteroatoms. The maximum absolute atomic E-state index is 5.47. The van der Waals surface area contributed by atoms with E-state index >= 15 is 0 Å². The molecule has 0 saturated heterocycles. The van der Waals surface area contributed by atoms with Crippen LogP contribution in [0.3, 0.4) is 0 Å². The number of methoxy groups -OCH3 is 1. The summed E-state index contributed by atoms with van der Waals surface area (Å²) in [6.07, 6.45) is 1.63. The van der Waals surface area contributed by atoms with Crippen molar-refractivity contribution in [3.63, 3.8) is 0 Å². The summed E-state index contributed by atoms with van der Waals surface area (Å²) in [5.41, 5.74) is 7.79. The SMILES string of the molecule is CCc1ccc(OC)c(Cn2nnc(CCN)n2)c1. The fourth-order valence-corrected chi connectivity index (χ4v) is 1.90. The molecule has 0 bridgehead atoms. The van der Waals surface area contributed by atoms with E-state index in [9.17, 15) is 0 Å². The molecular formula is C13H19N5O. The van der Waals surface area contributed by atoms with Crippen molar-refractivity contribution in [2.24, 2.45) is 5.73 Å². The lowest BCUT2D eigenvalue weighted by atomic mass is 10.1. The van der Waals surface area contributed by atoms with Crippen LogP contribution in [0.5, 0.6) is 5.75 Å². The van der Waals surface area contributed by atoms with E-state index < -0.39 is 0 Å². The van der Waals surface area contributed by atoms with Gasteiger partial charge in [0.1, 0.15) is 5.75 Å². The number of benzene rings is 1. The zero-order valence-corrected chi connectivity index (χ0v) is 11.3. The molecule has 0 radical (unpaired) electrons. The van der Waals surface area contributed by atoms with Crippen molar-refractivity contribution in [3.8, 4) is 5.75 Å². The third kappa shape index (κ3) is 3.29. The summed E-state index contributed by atoms with van der Waals surface area (Å²) in [6, 6.07) is 6.16. The van der Waals surface area contributed by atoms with E-state index in [1.165, 1.54) is 5.56 Å². The predicted octanol–water partition coefficient (Wildman–Crippen LogP) is 0.794. The summed E-state index contributed by atoms with van der Waals surface area (Å²) in [5.74, 6) is 1.52. The highest BCUT2D eigenvalue weighted by Gasteiger charge is 2.08. The van der Waals surface area contributed by atoms with Crippen molar-refractivity contribution in [2.75, 3.05) is 13.7 Å². The van der Waals surface area contributed by atoms with Gasteiger partial charge in [0, 0.05) is 12.0 Å². The topological polar surface area (TPSA) is 78.8 Å². The first-order valence-corrected chi connectivity index (χ1v) is 6.39. The number of nitrogens with zero attached hydrogens (tertiary/aromatic N) is 4. The van der Waals surface area contributed by atoms with Gasteiger partial charge < -0.3 is 10.5 Å². The molecule has 6 nitrogen and oxygen atoms in total. The molecule has 2 rings (SSSR count). The lowest BCUT2D eigenvalue weighted by molar-refractivity contribution is 0.405. The van der Waals surface area contributed by atoms with Gasteiger partial charge in [0.2, 0.25) is 0 Å². The molecule has 0 aliphatic heterocycles. The van der Waals surface area contributed by atoms with Gasteiger partial charge >= 0.3 is 0 Å². The minimum Gasteiger partial charge on any atom is -0.496 e. The number of hydrogen-bond acceptors (Lipinski definition) is 5. The number of nitrogens with two attached hydrogens (primary N) is 1. The van der Waals surface area contributed by atoms with Crippen molar-refractivity contribution >= 4 is 0 Å². The van der Waals surface area contributed by atoms with Crippen LogP contribution >= 0.6 is 0 Å². The zero-order valence-electron chi connectivity index (χ0n) is 11.3. The first kappa shape index (κ1) is 13.5. The summed E-state index contributed by atoms with van der Waals surface area (Å²) < 4.78 is 5.36. The fraction of sp³-hybridized carbons (Fsp3) is 0.462. The standard InChI is InChI=1S/C13H19N5O/c1-3-10-4-5-12(19-2)11(8-10)9-18-16-13(6-7-14)15-17-18/h4-5,8H,3,6-7,9,14H2,1-2H3. The number of hydrogen-bond donors (Lipinski definition) is 1. The number of rotatable bonds is 6. The van der Waals surface area contributed by atoms with Crippen molar-refractivity contribution in [2.45, 2.75) is 26.3 Å². The smallest absolute Gasteiger partial charge is 0.176 e. The molecule has 0 fully saturated rings. The van der Waals surface area contributed by atoms with Gasteiger partial charge in [-0.3, -0.25) is 0 Å². The van der Waals surface area contributed by atoms with Gasteiger partial charge in [-0.05, 0) is 29.8 Å². The van der Waals surface area contributed by atoms with E-state index in [-0.39, 0.29) is 0 Å². The van der Waals surface area contributed by atoms with Crippen LogP contribution in [0.15, 0.2) is 18.2 Å². The van der Waals surface area contributed by atoms with Crippen molar-refractivity contribution in [1.29, 1.82) is 0 Å². The van der Waals surface area contributed by atoms with Gasteiger partial charge in [0.05, 0.1) is 13.7 Å². The molecule has 0 atom stereocenters. The third-order valence-corrected chi connectivity index (χ3v) is 2.93. The Balaban J connectivity index is 2.20. The minimum absolute atomic E-state index is 0.528. The Hall–Kier alpha value is -1.95. The Morgan fingerprint density at radius 1 is 1.37 bits per heavy atom. The molecule has 0 saturated carbocycles. The molecule has 0 unspecified atom stereocenters. The van der Waals surface area contributed by atoms with Crippen LogP contribution in [0.25, 0.3) is 0 Å². The Labute approximate surface area is 112 Å². The van der Waals surface area contributed by atoms with Crippen LogP contribution in [0.2, 0.25) is 0 Å². The van der Waals surface area contributed by atoms with Gasteiger partial charge in [-0.1, -0.05) is 19.1 Å². The second-order valence-electron chi connectivity index (χ2n) is 4.27. The van der Waals surface area contributed by atoms with Gasteiger partial charge in [-0.15, -0.1) is 10.2 Å². The maximum Gasteiger partial charge on any atom is 0.176 e. The van der Waals surface area contributed by atoms with Crippen LogP contribution in [0.1, 0.15) is 23.9 Å². The lowest BCUT2D eigenvalue weighted by Gasteiger charge is -2.09. The number of tetrazole rings is 1. The van der Waals surface area contributed by atoms with Crippen LogP contribution in [-0.4, -0.2) is 33.9 Å². The van der Waals surface area contributed by atoms with Crippen LogP contribution in [0, 0.1) is 0 Å². The summed E-state index contributed by atoms with van der Waals surface area (Å²) in [4.78, 5) is 1.57. The average molecular weight is 261 g/mol. The number of aromatic nitrogens is 4. The van der Waals surface area contributed by atoms with E-state index in [4.69, 9.17) is 10.5 Å². The van der Waals surface area contributed by atoms with Gasteiger partial charge in [0.25, 0.3) is 0 Å². The molecule has 0 spiro atoms. The van der Waals surface area contributed by atoms with E-state index in [0.29, 0.717) is 25.3 Å². The number of aryl methyl sites for hydroxylation is 1. The largest absolute Gasteiger partial charge is 0.496 e. The first-order chi connectivity index (χ1) is 9.26. The molecular weight excluding hydrogens is 242 g/mol. The molecule has 1 aromatic carbocycles. The van der Waals surface area contributed by atoms with Gasteiger partial charge in [0.15, 0.2) is 5.82 Å². The molecule has 1 heterocycles. The monoisotopic (exact) mass is 261 g/mol.